The first-order chi connectivity index (χ1) is 5.37. The van der Waals surface area contributed by atoms with Crippen LogP contribution in [0.1, 0.15) is 10.5 Å². The molecule has 0 aromatic rings. The lowest BCUT2D eigenvalue weighted by Gasteiger charge is -2.13. The van der Waals surface area contributed by atoms with Gasteiger partial charge in [-0.3, -0.25) is 0 Å². The molecular formula is C7H11NO. The molecule has 1 rings (SSSR count). The third-order valence-electron chi connectivity index (χ3n) is 1.52. The second kappa shape index (κ2) is 2.02. The summed E-state index contributed by atoms with van der Waals surface area (Å²) < 4.78 is 21.2. The van der Waals surface area contributed by atoms with Crippen LogP contribution in [0.5, 0.6) is 0 Å². The van der Waals surface area contributed by atoms with Gasteiger partial charge in [0.25, 0.3) is 0 Å². The number of hydrogen-bond donors (Lipinski definition) is 1. The predicted octanol–water partition coefficient (Wildman–Crippen LogP) is -0.314. The van der Waals surface area contributed by atoms with E-state index in [-0.39, 0.29) is 6.54 Å². The summed E-state index contributed by atoms with van der Waals surface area (Å²) in [6.07, 6.45) is 5.40. The standard InChI is InChI=1S/C7H11NO/c1-3-7(9)4-5-8(2)6-7/h1,9H,4-6H2,2H3/t7-/m0/s1/i2D3. The van der Waals surface area contributed by atoms with Crippen molar-refractivity contribution in [2.24, 2.45) is 0 Å². The Balaban J connectivity index is 2.65. The van der Waals surface area contributed by atoms with Crippen LogP contribution in [0.4, 0.5) is 0 Å². The van der Waals surface area contributed by atoms with Crippen LogP contribution in [0.25, 0.3) is 0 Å². The first-order valence-electron chi connectivity index (χ1n) is 4.33. The highest BCUT2D eigenvalue weighted by Crippen LogP contribution is 2.17. The van der Waals surface area contributed by atoms with Crippen LogP contribution >= 0.6 is 0 Å². The van der Waals surface area contributed by atoms with Crippen LogP contribution in [0.2, 0.25) is 0 Å². The van der Waals surface area contributed by atoms with Crippen LogP contribution in [-0.2, 0) is 0 Å². The molecule has 1 saturated heterocycles. The Bertz CT molecular complexity index is 220. The van der Waals surface area contributed by atoms with Crippen molar-refractivity contribution in [2.45, 2.75) is 12.0 Å². The Labute approximate surface area is 59.7 Å². The van der Waals surface area contributed by atoms with E-state index in [9.17, 15) is 5.11 Å². The molecule has 0 aliphatic carbocycles. The zero-order valence-corrected chi connectivity index (χ0v) is 5.09. The third kappa shape index (κ3) is 1.24. The molecule has 2 heteroatoms. The third-order valence-corrected chi connectivity index (χ3v) is 1.52. The average molecular weight is 128 g/mol. The predicted molar refractivity (Wildman–Crippen MR) is 35.9 cm³/mol. The summed E-state index contributed by atoms with van der Waals surface area (Å²) >= 11 is 0. The zero-order valence-electron chi connectivity index (χ0n) is 8.09. The maximum atomic E-state index is 9.51. The van der Waals surface area contributed by atoms with E-state index >= 15 is 0 Å². The molecule has 1 aliphatic heterocycles. The topological polar surface area (TPSA) is 23.5 Å². The van der Waals surface area contributed by atoms with Crippen LogP contribution in [0, 0.1) is 12.3 Å². The lowest BCUT2D eigenvalue weighted by atomic mass is 10.1. The van der Waals surface area contributed by atoms with Crippen molar-refractivity contribution in [1.82, 2.24) is 4.90 Å². The van der Waals surface area contributed by atoms with Crippen LogP contribution < -0.4 is 0 Å². The minimum Gasteiger partial charge on any atom is -0.376 e. The van der Waals surface area contributed by atoms with E-state index in [4.69, 9.17) is 10.5 Å². The van der Waals surface area contributed by atoms with E-state index in [2.05, 4.69) is 5.92 Å². The Kier molecular flexibility index (Phi) is 0.807. The second-order valence-corrected chi connectivity index (χ2v) is 2.35. The van der Waals surface area contributed by atoms with Gasteiger partial charge in [0.05, 0.1) is 0 Å². The van der Waals surface area contributed by atoms with E-state index < -0.39 is 12.6 Å². The molecule has 2 nitrogen and oxygen atoms in total. The summed E-state index contributed by atoms with van der Waals surface area (Å²) in [7, 11) is 0. The van der Waals surface area contributed by atoms with Crippen molar-refractivity contribution < 1.29 is 9.22 Å². The number of β-amino-alcohol motifs (C(OH)–C–C–N with tert-alkyl or cyclic N) is 1. The number of terminal acetylenes is 1. The fourth-order valence-corrected chi connectivity index (χ4v) is 0.912. The molecule has 0 aromatic heterocycles. The lowest BCUT2D eigenvalue weighted by Crippen LogP contribution is -2.29. The minimum absolute atomic E-state index is 0.0417. The molecule has 0 radical (unpaired) electrons. The van der Waals surface area contributed by atoms with Crippen molar-refractivity contribution in [3.63, 3.8) is 0 Å². The van der Waals surface area contributed by atoms with E-state index in [0.717, 1.165) is 0 Å². The van der Waals surface area contributed by atoms with Gasteiger partial charge in [0, 0.05) is 23.6 Å². The number of nitrogens with zero attached hydrogens (tertiary/aromatic N) is 1. The van der Waals surface area contributed by atoms with Gasteiger partial charge in [-0.1, -0.05) is 5.92 Å². The van der Waals surface area contributed by atoms with Gasteiger partial charge in [-0.05, 0) is 6.98 Å². The maximum absolute atomic E-state index is 9.51. The molecule has 1 atom stereocenters. The number of aliphatic hydroxyl groups is 1. The molecule has 0 unspecified atom stereocenters. The monoisotopic (exact) mass is 128 g/mol. The molecule has 1 fully saturated rings. The summed E-state index contributed by atoms with van der Waals surface area (Å²) in [6, 6.07) is 0. The normalized spacial score (nSPS) is 42.9. The van der Waals surface area contributed by atoms with Crippen LogP contribution in [-0.4, -0.2) is 35.7 Å². The van der Waals surface area contributed by atoms with Crippen molar-refractivity contribution in [2.75, 3.05) is 20.1 Å². The quantitative estimate of drug-likeness (QED) is 0.452. The summed E-state index contributed by atoms with van der Waals surface area (Å²) in [5, 5.41) is 9.51. The molecule has 1 N–H and O–H groups in total. The first kappa shape index (κ1) is 3.60. The highest BCUT2D eigenvalue weighted by atomic mass is 16.3. The average Bonchev–Trinajstić information content (AvgIpc) is 2.32. The molecule has 50 valence electrons. The zero-order chi connectivity index (χ0) is 9.41. The molecule has 0 amide bonds. The van der Waals surface area contributed by atoms with Gasteiger partial charge in [-0.25, -0.2) is 0 Å². The molecular weight excluding hydrogens is 114 g/mol. The van der Waals surface area contributed by atoms with E-state index in [1.54, 1.807) is 0 Å². The fourth-order valence-electron chi connectivity index (χ4n) is 0.912. The molecule has 0 saturated carbocycles. The summed E-state index contributed by atoms with van der Waals surface area (Å²) in [5.41, 5.74) is -1.24. The lowest BCUT2D eigenvalue weighted by molar-refractivity contribution is 0.112. The maximum Gasteiger partial charge on any atom is 0.139 e. The summed E-state index contributed by atoms with van der Waals surface area (Å²) in [6.45, 7) is -1.77. The highest BCUT2D eigenvalue weighted by Gasteiger charge is 2.31. The van der Waals surface area contributed by atoms with Gasteiger partial charge in [-0.2, -0.15) is 0 Å². The first-order valence-corrected chi connectivity index (χ1v) is 2.83. The van der Waals surface area contributed by atoms with Crippen LogP contribution in [0.3, 0.4) is 0 Å². The van der Waals surface area contributed by atoms with Crippen molar-refractivity contribution in [3.8, 4) is 12.3 Å². The highest BCUT2D eigenvalue weighted by molar-refractivity contribution is 5.11. The molecule has 0 aromatic carbocycles. The largest absolute Gasteiger partial charge is 0.376 e. The van der Waals surface area contributed by atoms with E-state index in [1.807, 2.05) is 0 Å². The van der Waals surface area contributed by atoms with Gasteiger partial charge in [0.1, 0.15) is 5.60 Å². The van der Waals surface area contributed by atoms with Gasteiger partial charge < -0.3 is 10.0 Å². The summed E-state index contributed by atoms with van der Waals surface area (Å²) in [5.74, 6) is 2.21. The Hall–Kier alpha value is -0.520. The SMILES string of the molecule is [2H]C([2H])([2H])N1CC[C@@](O)(C#C)C1. The van der Waals surface area contributed by atoms with Crippen molar-refractivity contribution in [1.29, 1.82) is 0 Å². The van der Waals surface area contributed by atoms with E-state index in [0.29, 0.717) is 13.0 Å². The van der Waals surface area contributed by atoms with Gasteiger partial charge in [0.2, 0.25) is 0 Å². The molecule has 9 heavy (non-hydrogen) atoms. The Morgan fingerprint density at radius 2 is 2.78 bits per heavy atom. The van der Waals surface area contributed by atoms with Crippen LogP contribution in [0.15, 0.2) is 0 Å². The van der Waals surface area contributed by atoms with Crippen molar-refractivity contribution >= 4 is 0 Å². The number of likely N-dealkylation sites (N-methyl/N-ethyl adjacent to an activating group) is 1. The summed E-state index contributed by atoms with van der Waals surface area (Å²) in [4.78, 5) is 1.22. The molecule has 0 bridgehead atoms. The smallest absolute Gasteiger partial charge is 0.139 e. The fraction of sp³-hybridized carbons (Fsp3) is 0.714. The van der Waals surface area contributed by atoms with Gasteiger partial charge in [-0.15, -0.1) is 6.42 Å². The number of rotatable bonds is 0. The van der Waals surface area contributed by atoms with Gasteiger partial charge in [0.15, 0.2) is 0 Å². The minimum atomic E-state index is -2.14. The number of likely N-dealkylation sites (tertiary alicyclic amines) is 1. The molecule has 0 spiro atoms. The van der Waals surface area contributed by atoms with Gasteiger partial charge >= 0.3 is 0 Å². The Morgan fingerprint density at radius 3 is 3.11 bits per heavy atom. The number of hydrogen-bond acceptors (Lipinski definition) is 2. The van der Waals surface area contributed by atoms with E-state index in [1.165, 1.54) is 4.90 Å². The Morgan fingerprint density at radius 1 is 2.00 bits per heavy atom. The molecule has 1 heterocycles. The van der Waals surface area contributed by atoms with Crippen molar-refractivity contribution in [3.05, 3.63) is 0 Å². The second-order valence-electron chi connectivity index (χ2n) is 2.35. The molecule has 1 aliphatic rings.